The summed E-state index contributed by atoms with van der Waals surface area (Å²) in [5, 5.41) is 0.129. The van der Waals surface area contributed by atoms with Crippen LogP contribution in [-0.4, -0.2) is 72.4 Å². The second-order valence-corrected chi connectivity index (χ2v) is 10.1. The fourth-order valence-corrected chi connectivity index (χ4v) is 4.86. The number of carbonyl (C=O) groups excluding carboxylic acids is 2. The van der Waals surface area contributed by atoms with Crippen molar-refractivity contribution >= 4 is 23.5 Å². The van der Waals surface area contributed by atoms with Gasteiger partial charge in [0, 0.05) is 19.1 Å². The van der Waals surface area contributed by atoms with Gasteiger partial charge in [0.15, 0.2) is 17.6 Å². The Labute approximate surface area is 240 Å². The summed E-state index contributed by atoms with van der Waals surface area (Å²) >= 11 is 0. The van der Waals surface area contributed by atoms with E-state index in [4.69, 9.17) is 18.9 Å². The van der Waals surface area contributed by atoms with Gasteiger partial charge in [0.2, 0.25) is 6.41 Å². The molecule has 11 nitrogen and oxygen atoms in total. The molecule has 2 heterocycles. The van der Waals surface area contributed by atoms with Gasteiger partial charge < -0.3 is 23.8 Å². The Kier molecular flexibility index (Phi) is 9.81. The molecular weight excluding hydrogens is 556 g/mol. The van der Waals surface area contributed by atoms with Crippen LogP contribution in [0.3, 0.4) is 0 Å². The molecule has 2 aromatic carbocycles. The first-order valence-electron chi connectivity index (χ1n) is 13.5. The number of halogens is 2. The number of aromatic nitrogens is 2. The van der Waals surface area contributed by atoms with Gasteiger partial charge in [-0.05, 0) is 62.6 Å². The molecular formula is C29H33F2N3O8. The van der Waals surface area contributed by atoms with Gasteiger partial charge in [0.25, 0.3) is 5.56 Å². The van der Waals surface area contributed by atoms with Crippen LogP contribution < -0.4 is 25.5 Å². The van der Waals surface area contributed by atoms with Crippen molar-refractivity contribution in [1.82, 2.24) is 14.0 Å². The highest BCUT2D eigenvalue weighted by Crippen LogP contribution is 2.30. The Balaban J connectivity index is 1.78. The topological polar surface area (TPSA) is 118 Å². The van der Waals surface area contributed by atoms with Crippen molar-refractivity contribution in [3.63, 3.8) is 0 Å². The standard InChI is InChI=1S/C29H33F2N3O8/c1-18(2)40-29(38)42-25-7-4-19(12-26(25)39-3)16-33-27(36)23-13-21(41-22(14-30)15-31)5-6-24(23)34(28(33)37)20-8-10-32(17-35)11-9-20/h4-7,12-13,17-18,20,22H,8-11,14-16H2,1-3H3. The lowest BCUT2D eigenvalue weighted by Gasteiger charge is -2.31. The number of hydrogen-bond donors (Lipinski definition) is 0. The number of likely N-dealkylation sites (tertiary alicyclic amines) is 1. The van der Waals surface area contributed by atoms with E-state index < -0.39 is 36.9 Å². The largest absolute Gasteiger partial charge is 0.514 e. The minimum atomic E-state index is -1.32. The first-order valence-corrected chi connectivity index (χ1v) is 13.5. The summed E-state index contributed by atoms with van der Waals surface area (Å²) in [7, 11) is 1.38. The van der Waals surface area contributed by atoms with E-state index in [0.717, 1.165) is 11.0 Å². The van der Waals surface area contributed by atoms with Gasteiger partial charge >= 0.3 is 11.8 Å². The van der Waals surface area contributed by atoms with Gasteiger partial charge in [-0.15, -0.1) is 0 Å². The molecule has 226 valence electrons. The minimum Gasteiger partial charge on any atom is -0.493 e. The molecule has 1 saturated heterocycles. The van der Waals surface area contributed by atoms with E-state index in [1.165, 1.54) is 42.0 Å². The van der Waals surface area contributed by atoms with E-state index in [1.807, 2.05) is 0 Å². The summed E-state index contributed by atoms with van der Waals surface area (Å²) in [5.41, 5.74) is -0.338. The average Bonchev–Trinajstić information content (AvgIpc) is 2.98. The van der Waals surface area contributed by atoms with Gasteiger partial charge in [-0.3, -0.25) is 18.7 Å². The summed E-state index contributed by atoms with van der Waals surface area (Å²) < 4.78 is 49.8. The molecule has 1 amide bonds. The number of carbonyl (C=O) groups is 2. The number of amides is 1. The first-order chi connectivity index (χ1) is 20.2. The molecule has 0 bridgehead atoms. The van der Waals surface area contributed by atoms with Crippen molar-refractivity contribution in [2.24, 2.45) is 0 Å². The van der Waals surface area contributed by atoms with Crippen molar-refractivity contribution in [2.45, 2.75) is 51.5 Å². The SMILES string of the molecule is COc1cc(Cn2c(=O)c3cc(OC(CF)CF)ccc3n(C3CCN(C=O)CC3)c2=O)ccc1OC(=O)OC(C)C. The van der Waals surface area contributed by atoms with Crippen molar-refractivity contribution in [3.05, 3.63) is 62.8 Å². The first kappa shape index (κ1) is 30.5. The predicted octanol–water partition coefficient (Wildman–Crippen LogP) is 3.62. The van der Waals surface area contributed by atoms with Crippen LogP contribution in [0, 0.1) is 0 Å². The zero-order valence-corrected chi connectivity index (χ0v) is 23.6. The van der Waals surface area contributed by atoms with Gasteiger partial charge in [0.1, 0.15) is 19.1 Å². The molecule has 3 aromatic rings. The molecule has 1 fully saturated rings. The van der Waals surface area contributed by atoms with E-state index in [-0.39, 0.29) is 41.3 Å². The molecule has 4 rings (SSSR count). The number of rotatable bonds is 11. The van der Waals surface area contributed by atoms with E-state index in [2.05, 4.69) is 0 Å². The number of nitrogens with zero attached hydrogens (tertiary/aromatic N) is 3. The highest BCUT2D eigenvalue weighted by Gasteiger charge is 2.25. The van der Waals surface area contributed by atoms with E-state index >= 15 is 0 Å². The molecule has 0 N–H and O–H groups in total. The minimum absolute atomic E-state index is 0.0869. The molecule has 0 spiro atoms. The molecule has 42 heavy (non-hydrogen) atoms. The van der Waals surface area contributed by atoms with Crippen molar-refractivity contribution in [1.29, 1.82) is 0 Å². The normalized spacial score (nSPS) is 13.9. The number of methoxy groups -OCH3 is 1. The lowest BCUT2D eigenvalue weighted by atomic mass is 10.0. The van der Waals surface area contributed by atoms with E-state index in [9.17, 15) is 28.0 Å². The zero-order valence-electron chi connectivity index (χ0n) is 23.6. The Morgan fingerprint density at radius 3 is 2.38 bits per heavy atom. The lowest BCUT2D eigenvalue weighted by Crippen LogP contribution is -2.44. The number of alkyl halides is 2. The molecule has 0 unspecified atom stereocenters. The molecule has 1 aliphatic rings. The Morgan fingerprint density at radius 2 is 1.76 bits per heavy atom. The summed E-state index contributed by atoms with van der Waals surface area (Å²) in [5.74, 6) is 0.362. The molecule has 0 saturated carbocycles. The second kappa shape index (κ2) is 13.5. The molecule has 13 heteroatoms. The number of benzene rings is 2. The molecule has 0 aliphatic carbocycles. The van der Waals surface area contributed by atoms with Gasteiger partial charge in [-0.1, -0.05) is 6.07 Å². The Hall–Kier alpha value is -4.42. The Morgan fingerprint density at radius 1 is 1.05 bits per heavy atom. The van der Waals surface area contributed by atoms with Gasteiger partial charge in [-0.2, -0.15) is 0 Å². The highest BCUT2D eigenvalue weighted by atomic mass is 19.1. The number of fused-ring (bicyclic) bond motifs is 1. The van der Waals surface area contributed by atoms with Crippen LogP contribution in [0.1, 0.15) is 38.3 Å². The van der Waals surface area contributed by atoms with Crippen molar-refractivity contribution in [2.75, 3.05) is 33.5 Å². The molecule has 1 aliphatic heterocycles. The third kappa shape index (κ3) is 6.72. The van der Waals surface area contributed by atoms with Gasteiger partial charge in [-0.25, -0.2) is 18.4 Å². The smallest absolute Gasteiger partial charge is 0.493 e. The van der Waals surface area contributed by atoms with E-state index in [0.29, 0.717) is 37.0 Å². The van der Waals surface area contributed by atoms with Crippen LogP contribution in [-0.2, 0) is 16.1 Å². The van der Waals surface area contributed by atoms with Crippen LogP contribution in [0.2, 0.25) is 0 Å². The molecule has 0 radical (unpaired) electrons. The van der Waals surface area contributed by atoms with Crippen LogP contribution in [0.25, 0.3) is 10.9 Å². The lowest BCUT2D eigenvalue weighted by molar-refractivity contribution is -0.119. The fraction of sp³-hybridized carbons (Fsp3) is 0.448. The molecule has 0 atom stereocenters. The maximum atomic E-state index is 13.9. The predicted molar refractivity (Wildman–Crippen MR) is 149 cm³/mol. The fourth-order valence-electron chi connectivity index (χ4n) is 4.86. The number of hydrogen-bond acceptors (Lipinski definition) is 8. The zero-order chi connectivity index (χ0) is 30.4. The maximum Gasteiger partial charge on any atom is 0.514 e. The van der Waals surface area contributed by atoms with Crippen molar-refractivity contribution < 1.29 is 37.3 Å². The van der Waals surface area contributed by atoms with Crippen molar-refractivity contribution in [3.8, 4) is 17.2 Å². The average molecular weight is 590 g/mol. The van der Waals surface area contributed by atoms with Crippen LogP contribution in [0.15, 0.2) is 46.0 Å². The summed E-state index contributed by atoms with van der Waals surface area (Å²) in [6, 6.07) is 8.65. The maximum absolute atomic E-state index is 13.9. The third-order valence-corrected chi connectivity index (χ3v) is 6.89. The Bertz CT molecular complexity index is 1540. The number of ether oxygens (including phenoxy) is 4. The number of piperidine rings is 1. The monoisotopic (exact) mass is 589 g/mol. The van der Waals surface area contributed by atoms with Crippen LogP contribution in [0.5, 0.6) is 17.2 Å². The quantitative estimate of drug-likeness (QED) is 0.189. The second-order valence-electron chi connectivity index (χ2n) is 10.1. The molecule has 1 aromatic heterocycles. The van der Waals surface area contributed by atoms with Crippen LogP contribution >= 0.6 is 0 Å². The van der Waals surface area contributed by atoms with Gasteiger partial charge in [0.05, 0.1) is 30.7 Å². The van der Waals surface area contributed by atoms with E-state index in [1.54, 1.807) is 24.8 Å². The summed E-state index contributed by atoms with van der Waals surface area (Å²) in [4.78, 5) is 52.4. The summed E-state index contributed by atoms with van der Waals surface area (Å²) in [6.07, 6.45) is -0.886. The summed E-state index contributed by atoms with van der Waals surface area (Å²) in [6.45, 7) is 1.97. The van der Waals surface area contributed by atoms with Crippen LogP contribution in [0.4, 0.5) is 13.6 Å². The third-order valence-electron chi connectivity index (χ3n) is 6.89. The highest BCUT2D eigenvalue weighted by molar-refractivity contribution is 5.80.